The lowest BCUT2D eigenvalue weighted by molar-refractivity contribution is -0.143. The largest absolute Gasteiger partial charge is 0.481 e. The van der Waals surface area contributed by atoms with Gasteiger partial charge in [0.1, 0.15) is 12.4 Å². The summed E-state index contributed by atoms with van der Waals surface area (Å²) in [4.78, 5) is 25.1. The van der Waals surface area contributed by atoms with Gasteiger partial charge in [-0.3, -0.25) is 9.48 Å². The summed E-state index contributed by atoms with van der Waals surface area (Å²) in [7, 11) is 3.44. The molecule has 196 valence electrons. The van der Waals surface area contributed by atoms with E-state index in [1.807, 2.05) is 13.0 Å². The maximum atomic E-state index is 15.4. The molecule has 9 heteroatoms. The number of aryl methyl sites for hydroxylation is 1. The van der Waals surface area contributed by atoms with Crippen molar-refractivity contribution in [2.75, 3.05) is 20.2 Å². The predicted octanol–water partition coefficient (Wildman–Crippen LogP) is 4.75. The topological polar surface area (TPSA) is 93.9 Å². The number of carboxylic acid groups (broad SMARTS) is 1. The van der Waals surface area contributed by atoms with Crippen LogP contribution in [0.4, 0.5) is 9.18 Å². The number of rotatable bonds is 9. The van der Waals surface area contributed by atoms with E-state index in [0.29, 0.717) is 35.9 Å². The molecule has 0 radical (unpaired) electrons. The maximum Gasteiger partial charge on any atom is 0.409 e. The van der Waals surface area contributed by atoms with Crippen LogP contribution in [0.3, 0.4) is 0 Å². The van der Waals surface area contributed by atoms with E-state index in [1.54, 1.807) is 35.9 Å². The van der Waals surface area contributed by atoms with Crippen LogP contribution in [0.2, 0.25) is 0 Å². The first-order valence-electron chi connectivity index (χ1n) is 12.5. The van der Waals surface area contributed by atoms with Crippen molar-refractivity contribution in [1.82, 2.24) is 14.7 Å². The molecule has 8 nitrogen and oxygen atoms in total. The first kappa shape index (κ1) is 26.1. The van der Waals surface area contributed by atoms with Gasteiger partial charge in [0.2, 0.25) is 0 Å². The molecular formula is C27H36FN3O5. The second-order valence-corrected chi connectivity index (χ2v) is 11.1. The van der Waals surface area contributed by atoms with E-state index in [4.69, 9.17) is 9.47 Å². The van der Waals surface area contributed by atoms with E-state index in [-0.39, 0.29) is 24.8 Å². The lowest BCUT2D eigenvalue weighted by Gasteiger charge is -2.37. The predicted molar refractivity (Wildman–Crippen MR) is 132 cm³/mol. The molecule has 1 aromatic carbocycles. The number of carboxylic acids is 1. The number of hydrogen-bond acceptors (Lipinski definition) is 5. The van der Waals surface area contributed by atoms with Gasteiger partial charge in [0.15, 0.2) is 0 Å². The minimum Gasteiger partial charge on any atom is -0.481 e. The summed E-state index contributed by atoms with van der Waals surface area (Å²) in [6, 6.07) is 5.17. The summed E-state index contributed by atoms with van der Waals surface area (Å²) in [6.07, 6.45) is 3.55. The van der Waals surface area contributed by atoms with Gasteiger partial charge in [-0.15, -0.1) is 0 Å². The van der Waals surface area contributed by atoms with Crippen molar-refractivity contribution < 1.29 is 28.6 Å². The maximum absolute atomic E-state index is 15.4. The number of benzene rings is 1. The lowest BCUT2D eigenvalue weighted by atomic mass is 9.76. The van der Waals surface area contributed by atoms with Gasteiger partial charge >= 0.3 is 12.1 Å². The standard InChI is InChI=1S/C27H36FN3O5/c1-17(2)8-9-30(4)25(34)35-15-23-21(14-29-31(23)5)20-7-6-18(10-22(20)28)26(3)11-19-12-27(19,36-16-26)13-24(32)33/h6-7,10,14,17,19H,8-9,11-13,15-16H2,1-5H3,(H,32,33). The fourth-order valence-electron chi connectivity index (χ4n) is 5.17. The van der Waals surface area contributed by atoms with Crippen molar-refractivity contribution in [3.8, 4) is 11.1 Å². The zero-order valence-corrected chi connectivity index (χ0v) is 21.7. The van der Waals surface area contributed by atoms with E-state index in [1.165, 1.54) is 6.07 Å². The summed E-state index contributed by atoms with van der Waals surface area (Å²) in [6.45, 7) is 7.17. The summed E-state index contributed by atoms with van der Waals surface area (Å²) < 4.78 is 28.6. The highest BCUT2D eigenvalue weighted by atomic mass is 19.1. The minimum absolute atomic E-state index is 0.0168. The Kier molecular flexibility index (Phi) is 7.14. The van der Waals surface area contributed by atoms with Crippen LogP contribution < -0.4 is 0 Å². The third-order valence-electron chi connectivity index (χ3n) is 7.71. The SMILES string of the molecule is CC(C)CCN(C)C(=O)OCc1c(-c2ccc(C3(C)COC4(CC(=O)O)CC4C3)cc2F)cnn1C. The molecule has 3 atom stereocenters. The molecule has 2 heterocycles. The van der Waals surface area contributed by atoms with Crippen LogP contribution in [0.5, 0.6) is 0 Å². The highest BCUT2D eigenvalue weighted by molar-refractivity contribution is 5.70. The van der Waals surface area contributed by atoms with Crippen LogP contribution >= 0.6 is 0 Å². The molecule has 1 saturated heterocycles. The average Bonchev–Trinajstić information content (AvgIpc) is 3.37. The molecule has 2 aromatic rings. The Morgan fingerprint density at radius 1 is 1.33 bits per heavy atom. The Bertz CT molecular complexity index is 1150. The van der Waals surface area contributed by atoms with Gasteiger partial charge in [0, 0.05) is 37.2 Å². The van der Waals surface area contributed by atoms with Gasteiger partial charge in [-0.2, -0.15) is 5.10 Å². The zero-order chi connectivity index (χ0) is 26.3. The Balaban J connectivity index is 1.46. The second kappa shape index (κ2) is 9.84. The van der Waals surface area contributed by atoms with Crippen LogP contribution in [0.1, 0.15) is 57.7 Å². The fraction of sp³-hybridized carbons (Fsp3) is 0.593. The number of halogens is 1. The van der Waals surface area contributed by atoms with Gasteiger partial charge in [0.25, 0.3) is 0 Å². The third kappa shape index (κ3) is 5.26. The summed E-state index contributed by atoms with van der Waals surface area (Å²) in [5.74, 6) is -0.583. The Labute approximate surface area is 211 Å². The van der Waals surface area contributed by atoms with Crippen LogP contribution in [-0.2, 0) is 33.3 Å². The van der Waals surface area contributed by atoms with Crippen molar-refractivity contribution in [3.63, 3.8) is 0 Å². The molecule has 0 bridgehead atoms. The number of fused-ring (bicyclic) bond motifs is 1. The Morgan fingerprint density at radius 3 is 2.72 bits per heavy atom. The van der Waals surface area contributed by atoms with Crippen molar-refractivity contribution in [2.24, 2.45) is 18.9 Å². The van der Waals surface area contributed by atoms with Crippen LogP contribution in [0.15, 0.2) is 24.4 Å². The van der Waals surface area contributed by atoms with Gasteiger partial charge in [-0.25, -0.2) is 9.18 Å². The Morgan fingerprint density at radius 2 is 2.08 bits per heavy atom. The van der Waals surface area contributed by atoms with Crippen LogP contribution in [0, 0.1) is 17.7 Å². The van der Waals surface area contributed by atoms with E-state index in [0.717, 1.165) is 24.8 Å². The molecule has 3 unspecified atom stereocenters. The Hall–Kier alpha value is -2.94. The highest BCUT2D eigenvalue weighted by Crippen LogP contribution is 2.59. The molecule has 1 saturated carbocycles. The number of hydrogen-bond donors (Lipinski definition) is 1. The summed E-state index contributed by atoms with van der Waals surface area (Å²) in [5, 5.41) is 13.4. The van der Waals surface area contributed by atoms with Crippen LogP contribution in [-0.4, -0.2) is 57.6 Å². The normalized spacial score (nSPS) is 24.9. The molecule has 4 rings (SSSR count). The van der Waals surface area contributed by atoms with Gasteiger partial charge < -0.3 is 19.5 Å². The van der Waals surface area contributed by atoms with Crippen molar-refractivity contribution in [1.29, 1.82) is 0 Å². The number of amides is 1. The van der Waals surface area contributed by atoms with Gasteiger partial charge in [-0.1, -0.05) is 32.9 Å². The highest BCUT2D eigenvalue weighted by Gasteiger charge is 2.62. The van der Waals surface area contributed by atoms with Gasteiger partial charge in [-0.05, 0) is 42.7 Å². The molecule has 2 aliphatic rings. The van der Waals surface area contributed by atoms with E-state index in [9.17, 15) is 14.7 Å². The number of aromatic nitrogens is 2. The first-order valence-corrected chi connectivity index (χ1v) is 12.5. The number of carbonyl (C=O) groups excluding carboxylic acids is 1. The summed E-state index contributed by atoms with van der Waals surface area (Å²) >= 11 is 0. The molecule has 1 N–H and O–H groups in total. The number of ether oxygens (including phenoxy) is 2. The molecule has 36 heavy (non-hydrogen) atoms. The molecular weight excluding hydrogens is 465 g/mol. The number of nitrogens with zero attached hydrogens (tertiary/aromatic N) is 3. The zero-order valence-electron chi connectivity index (χ0n) is 21.7. The molecule has 0 spiro atoms. The fourth-order valence-corrected chi connectivity index (χ4v) is 5.17. The van der Waals surface area contributed by atoms with E-state index in [2.05, 4.69) is 18.9 Å². The first-order chi connectivity index (χ1) is 16.9. The molecule has 1 amide bonds. The number of carbonyl (C=O) groups is 2. The number of aliphatic carboxylic acids is 1. The van der Waals surface area contributed by atoms with Crippen LogP contribution in [0.25, 0.3) is 11.1 Å². The lowest BCUT2D eigenvalue weighted by Crippen LogP contribution is -2.39. The minimum atomic E-state index is -0.850. The second-order valence-electron chi connectivity index (χ2n) is 11.1. The smallest absolute Gasteiger partial charge is 0.409 e. The quantitative estimate of drug-likeness (QED) is 0.533. The monoisotopic (exact) mass is 501 g/mol. The van der Waals surface area contributed by atoms with Gasteiger partial charge in [0.05, 0.1) is 30.5 Å². The van der Waals surface area contributed by atoms with E-state index < -0.39 is 23.1 Å². The van der Waals surface area contributed by atoms with E-state index >= 15 is 4.39 Å². The van der Waals surface area contributed by atoms with Crippen molar-refractivity contribution in [2.45, 2.75) is 64.1 Å². The summed E-state index contributed by atoms with van der Waals surface area (Å²) in [5.41, 5.74) is 1.45. The van der Waals surface area contributed by atoms with Crippen molar-refractivity contribution >= 4 is 12.1 Å². The third-order valence-corrected chi connectivity index (χ3v) is 7.71. The molecule has 2 fully saturated rings. The van der Waals surface area contributed by atoms with Crippen molar-refractivity contribution in [3.05, 3.63) is 41.5 Å². The molecule has 1 aromatic heterocycles. The molecule has 1 aliphatic heterocycles. The molecule has 1 aliphatic carbocycles. The average molecular weight is 502 g/mol.